The molecule has 2 aromatic carbocycles. The van der Waals surface area contributed by atoms with E-state index in [1.807, 2.05) is 24.3 Å². The van der Waals surface area contributed by atoms with Gasteiger partial charge in [-0.05, 0) is 29.3 Å². The van der Waals surface area contributed by atoms with Gasteiger partial charge in [-0.1, -0.05) is 30.3 Å². The van der Waals surface area contributed by atoms with Gasteiger partial charge in [-0.25, -0.2) is 4.39 Å². The maximum Gasteiger partial charge on any atom is 0.225 e. The van der Waals surface area contributed by atoms with Gasteiger partial charge in [0.15, 0.2) is 0 Å². The van der Waals surface area contributed by atoms with Crippen molar-refractivity contribution in [3.05, 3.63) is 65.5 Å². The fraction of sp³-hybridized carbons (Fsp3) is 0.235. The van der Waals surface area contributed by atoms with E-state index in [2.05, 4.69) is 5.32 Å². The van der Waals surface area contributed by atoms with Gasteiger partial charge in [0, 0.05) is 23.6 Å². The Kier molecular flexibility index (Phi) is 6.43. The first kappa shape index (κ1) is 16.5. The number of benzene rings is 2. The van der Waals surface area contributed by atoms with E-state index in [0.29, 0.717) is 17.9 Å². The summed E-state index contributed by atoms with van der Waals surface area (Å²) in [5, 5.41) is 11.6. The molecule has 0 aliphatic carbocycles. The van der Waals surface area contributed by atoms with E-state index < -0.39 is 0 Å². The number of carbonyl (C=O) groups is 1. The smallest absolute Gasteiger partial charge is 0.225 e. The third kappa shape index (κ3) is 5.50. The molecule has 2 rings (SSSR count). The molecule has 0 aromatic heterocycles. The first-order valence-electron chi connectivity index (χ1n) is 6.99. The Labute approximate surface area is 133 Å². The van der Waals surface area contributed by atoms with Crippen LogP contribution in [0.5, 0.6) is 0 Å². The third-order valence-electron chi connectivity index (χ3n) is 3.06. The van der Waals surface area contributed by atoms with Crippen molar-refractivity contribution in [1.29, 1.82) is 0 Å². The van der Waals surface area contributed by atoms with Crippen molar-refractivity contribution in [2.75, 3.05) is 11.1 Å². The number of rotatable bonds is 7. The average molecular weight is 319 g/mol. The third-order valence-corrected chi connectivity index (χ3v) is 4.09. The molecule has 0 unspecified atom stereocenters. The number of aliphatic hydroxyl groups excluding tert-OH is 1. The van der Waals surface area contributed by atoms with E-state index >= 15 is 0 Å². The van der Waals surface area contributed by atoms with Crippen LogP contribution < -0.4 is 5.32 Å². The summed E-state index contributed by atoms with van der Waals surface area (Å²) in [6.45, 7) is 0.0493. The highest BCUT2D eigenvalue weighted by molar-refractivity contribution is 7.98. The molecule has 0 saturated heterocycles. The molecular weight excluding hydrogens is 301 g/mol. The van der Waals surface area contributed by atoms with Gasteiger partial charge in [-0.15, -0.1) is 0 Å². The summed E-state index contributed by atoms with van der Waals surface area (Å²) in [5.74, 6) is 1.04. The lowest BCUT2D eigenvalue weighted by Gasteiger charge is -2.06. The Hall–Kier alpha value is -1.85. The van der Waals surface area contributed by atoms with Gasteiger partial charge in [0.2, 0.25) is 5.91 Å². The van der Waals surface area contributed by atoms with E-state index in [1.54, 1.807) is 23.9 Å². The summed E-state index contributed by atoms with van der Waals surface area (Å²) >= 11 is 1.66. The van der Waals surface area contributed by atoms with Crippen LogP contribution in [-0.4, -0.2) is 16.8 Å². The number of hydrogen-bond acceptors (Lipinski definition) is 3. The summed E-state index contributed by atoms with van der Waals surface area (Å²) in [6.07, 6.45) is 0.385. The largest absolute Gasteiger partial charge is 0.392 e. The van der Waals surface area contributed by atoms with Crippen LogP contribution in [0.3, 0.4) is 0 Å². The first-order chi connectivity index (χ1) is 10.7. The Bertz CT molecular complexity index is 616. The molecule has 0 heterocycles. The highest BCUT2D eigenvalue weighted by Gasteiger charge is 2.03. The lowest BCUT2D eigenvalue weighted by molar-refractivity contribution is -0.115. The average Bonchev–Trinajstić information content (AvgIpc) is 2.52. The van der Waals surface area contributed by atoms with E-state index in [0.717, 1.165) is 16.9 Å². The van der Waals surface area contributed by atoms with Crippen LogP contribution in [0, 0.1) is 5.82 Å². The molecule has 0 spiro atoms. The van der Waals surface area contributed by atoms with Gasteiger partial charge in [0.05, 0.1) is 6.61 Å². The van der Waals surface area contributed by atoms with Crippen LogP contribution >= 0.6 is 11.8 Å². The van der Waals surface area contributed by atoms with Gasteiger partial charge >= 0.3 is 0 Å². The summed E-state index contributed by atoms with van der Waals surface area (Å²) in [6, 6.07) is 13.6. The molecule has 116 valence electrons. The maximum absolute atomic E-state index is 13.0. The first-order valence-corrected chi connectivity index (χ1v) is 8.14. The summed E-state index contributed by atoms with van der Waals surface area (Å²) in [4.78, 5) is 11.7. The Morgan fingerprint density at radius 1 is 1.14 bits per heavy atom. The van der Waals surface area contributed by atoms with Crippen LogP contribution in [-0.2, 0) is 17.2 Å². The number of carbonyl (C=O) groups excluding carboxylic acids is 1. The summed E-state index contributed by atoms with van der Waals surface area (Å²) in [7, 11) is 0. The van der Waals surface area contributed by atoms with Crippen LogP contribution in [0.2, 0.25) is 0 Å². The zero-order chi connectivity index (χ0) is 15.8. The van der Waals surface area contributed by atoms with Gasteiger partial charge in [0.1, 0.15) is 5.82 Å². The van der Waals surface area contributed by atoms with Crippen LogP contribution in [0.15, 0.2) is 48.5 Å². The molecule has 2 N–H and O–H groups in total. The second-order valence-electron chi connectivity index (χ2n) is 4.84. The minimum Gasteiger partial charge on any atom is -0.392 e. The number of nitrogens with one attached hydrogen (secondary N) is 1. The van der Waals surface area contributed by atoms with Crippen molar-refractivity contribution in [2.24, 2.45) is 0 Å². The van der Waals surface area contributed by atoms with Crippen LogP contribution in [0.4, 0.5) is 10.1 Å². The fourth-order valence-corrected chi connectivity index (χ4v) is 2.79. The van der Waals surface area contributed by atoms with E-state index in [-0.39, 0.29) is 18.3 Å². The van der Waals surface area contributed by atoms with Crippen molar-refractivity contribution >= 4 is 23.4 Å². The highest BCUT2D eigenvalue weighted by Crippen LogP contribution is 2.15. The van der Waals surface area contributed by atoms with Crippen molar-refractivity contribution in [3.8, 4) is 0 Å². The number of hydrogen-bond donors (Lipinski definition) is 2. The van der Waals surface area contributed by atoms with E-state index in [4.69, 9.17) is 5.11 Å². The van der Waals surface area contributed by atoms with Crippen molar-refractivity contribution < 1.29 is 14.3 Å². The quantitative estimate of drug-likeness (QED) is 0.767. The lowest BCUT2D eigenvalue weighted by atomic mass is 10.2. The Morgan fingerprint density at radius 3 is 2.55 bits per heavy atom. The molecule has 2 aromatic rings. The second-order valence-corrected chi connectivity index (χ2v) is 5.94. The molecule has 5 heteroatoms. The number of thioether (sulfide) groups is 1. The molecular formula is C17H18FNO2S. The van der Waals surface area contributed by atoms with Crippen molar-refractivity contribution in [1.82, 2.24) is 0 Å². The molecule has 0 saturated carbocycles. The molecule has 0 bridgehead atoms. The molecule has 3 nitrogen and oxygen atoms in total. The molecule has 0 aliphatic rings. The number of halogens is 1. The molecule has 0 radical (unpaired) electrons. The van der Waals surface area contributed by atoms with Gasteiger partial charge in [0.25, 0.3) is 0 Å². The van der Waals surface area contributed by atoms with E-state index in [1.165, 1.54) is 12.1 Å². The predicted molar refractivity (Wildman–Crippen MR) is 88.2 cm³/mol. The van der Waals surface area contributed by atoms with E-state index in [9.17, 15) is 9.18 Å². The summed E-state index contributed by atoms with van der Waals surface area (Å²) < 4.78 is 13.0. The zero-order valence-electron chi connectivity index (χ0n) is 12.1. The van der Waals surface area contributed by atoms with Gasteiger partial charge in [-0.2, -0.15) is 11.8 Å². The Morgan fingerprint density at radius 2 is 1.86 bits per heavy atom. The normalized spacial score (nSPS) is 10.5. The second kappa shape index (κ2) is 8.56. The highest BCUT2D eigenvalue weighted by atomic mass is 32.2. The van der Waals surface area contributed by atoms with Crippen LogP contribution in [0.25, 0.3) is 0 Å². The lowest BCUT2D eigenvalue weighted by Crippen LogP contribution is -2.12. The number of aliphatic hydroxyl groups is 1. The predicted octanol–water partition coefficient (Wildman–Crippen LogP) is 3.58. The van der Waals surface area contributed by atoms with Gasteiger partial charge < -0.3 is 10.4 Å². The number of anilines is 1. The minimum absolute atomic E-state index is 0.0493. The zero-order valence-corrected chi connectivity index (χ0v) is 12.9. The topological polar surface area (TPSA) is 49.3 Å². The van der Waals surface area contributed by atoms with Crippen molar-refractivity contribution in [3.63, 3.8) is 0 Å². The van der Waals surface area contributed by atoms with Crippen molar-refractivity contribution in [2.45, 2.75) is 18.8 Å². The van der Waals surface area contributed by atoms with Crippen LogP contribution in [0.1, 0.15) is 17.5 Å². The minimum atomic E-state index is -0.362. The SMILES string of the molecule is O=C(CCSCc1ccc(CO)cc1)Nc1cccc(F)c1. The molecule has 0 fully saturated rings. The molecule has 0 aliphatic heterocycles. The fourth-order valence-electron chi connectivity index (χ4n) is 1.89. The Balaban J connectivity index is 1.68. The monoisotopic (exact) mass is 319 g/mol. The molecule has 1 amide bonds. The molecule has 22 heavy (non-hydrogen) atoms. The summed E-state index contributed by atoms with van der Waals surface area (Å²) in [5.41, 5.74) is 2.53. The maximum atomic E-state index is 13.0. The number of amides is 1. The molecule has 0 atom stereocenters. The standard InChI is InChI=1S/C17H18FNO2S/c18-15-2-1-3-16(10-15)19-17(21)8-9-22-12-14-6-4-13(11-20)5-7-14/h1-7,10,20H,8-9,11-12H2,(H,19,21). The van der Waals surface area contributed by atoms with Gasteiger partial charge in [-0.3, -0.25) is 4.79 Å².